The van der Waals surface area contributed by atoms with Crippen molar-refractivity contribution in [1.82, 2.24) is 4.57 Å². The van der Waals surface area contributed by atoms with Crippen LogP contribution in [0.2, 0.25) is 15.1 Å². The van der Waals surface area contributed by atoms with Gasteiger partial charge in [-0.2, -0.15) is 0 Å². The number of carboxylic acids is 1. The molecule has 31 heavy (non-hydrogen) atoms. The van der Waals surface area contributed by atoms with Crippen molar-refractivity contribution in [3.05, 3.63) is 98.6 Å². The molecule has 8 heteroatoms. The lowest BCUT2D eigenvalue weighted by Crippen LogP contribution is -2.16. The van der Waals surface area contributed by atoms with Crippen molar-refractivity contribution in [1.29, 1.82) is 0 Å². The third-order valence-electron chi connectivity index (χ3n) is 4.82. The van der Waals surface area contributed by atoms with Crippen LogP contribution < -0.4 is 5.32 Å². The molecule has 3 aromatic carbocycles. The molecular weight excluding hydrogens is 459 g/mol. The summed E-state index contributed by atoms with van der Waals surface area (Å²) in [7, 11) is 0. The molecule has 0 radical (unpaired) electrons. The van der Waals surface area contributed by atoms with Crippen LogP contribution in [0.4, 0.5) is 5.69 Å². The van der Waals surface area contributed by atoms with E-state index in [4.69, 9.17) is 34.8 Å². The van der Waals surface area contributed by atoms with E-state index < -0.39 is 11.9 Å². The van der Waals surface area contributed by atoms with Crippen molar-refractivity contribution in [2.75, 3.05) is 5.32 Å². The third-order valence-corrected chi connectivity index (χ3v) is 5.80. The van der Waals surface area contributed by atoms with Crippen LogP contribution in [0, 0.1) is 0 Å². The highest BCUT2D eigenvalue weighted by atomic mass is 35.5. The van der Waals surface area contributed by atoms with Crippen molar-refractivity contribution in [3.8, 4) is 0 Å². The number of fused-ring (bicyclic) bond motifs is 1. The van der Waals surface area contributed by atoms with E-state index in [-0.39, 0.29) is 17.9 Å². The first-order chi connectivity index (χ1) is 14.8. The summed E-state index contributed by atoms with van der Waals surface area (Å²) in [5.74, 6) is -1.62. The first kappa shape index (κ1) is 21.2. The van der Waals surface area contributed by atoms with Gasteiger partial charge in [-0.25, -0.2) is 4.79 Å². The maximum Gasteiger partial charge on any atom is 0.354 e. The van der Waals surface area contributed by atoms with E-state index in [0.717, 1.165) is 5.56 Å². The summed E-state index contributed by atoms with van der Waals surface area (Å²) < 4.78 is 1.63. The zero-order valence-corrected chi connectivity index (χ0v) is 18.2. The van der Waals surface area contributed by atoms with E-state index in [1.165, 1.54) is 6.07 Å². The minimum Gasteiger partial charge on any atom is -0.477 e. The number of halogens is 3. The number of nitrogens with one attached hydrogen (secondary N) is 1. The molecule has 0 fully saturated rings. The van der Waals surface area contributed by atoms with E-state index in [9.17, 15) is 14.7 Å². The van der Waals surface area contributed by atoms with Crippen LogP contribution in [0.25, 0.3) is 10.9 Å². The zero-order valence-electron chi connectivity index (χ0n) is 15.9. The average Bonchev–Trinajstić information content (AvgIpc) is 3.04. The predicted octanol–water partition coefficient (Wildman–Crippen LogP) is 6.60. The predicted molar refractivity (Wildman–Crippen MR) is 124 cm³/mol. The number of carboxylic acid groups (broad SMARTS) is 1. The van der Waals surface area contributed by atoms with Crippen LogP contribution in [0.15, 0.2) is 66.7 Å². The van der Waals surface area contributed by atoms with Gasteiger partial charge in [-0.3, -0.25) is 4.79 Å². The number of amides is 1. The summed E-state index contributed by atoms with van der Waals surface area (Å²) in [6.45, 7) is 0.228. The molecule has 156 valence electrons. The second-order valence-electron chi connectivity index (χ2n) is 6.84. The number of anilines is 1. The fraction of sp³-hybridized carbons (Fsp3) is 0.0435. The summed E-state index contributed by atoms with van der Waals surface area (Å²) in [4.78, 5) is 25.1. The Kier molecular flexibility index (Phi) is 5.92. The maximum absolute atomic E-state index is 12.8. The first-order valence-corrected chi connectivity index (χ1v) is 10.3. The normalized spacial score (nSPS) is 10.9. The van der Waals surface area contributed by atoms with Crippen molar-refractivity contribution < 1.29 is 14.7 Å². The molecule has 1 aromatic heterocycles. The fourth-order valence-electron chi connectivity index (χ4n) is 3.45. The van der Waals surface area contributed by atoms with Gasteiger partial charge in [0.15, 0.2) is 5.69 Å². The molecule has 0 aliphatic rings. The van der Waals surface area contributed by atoms with E-state index >= 15 is 0 Å². The van der Waals surface area contributed by atoms with Crippen molar-refractivity contribution >= 4 is 63.3 Å². The second kappa shape index (κ2) is 8.63. The molecule has 4 rings (SSSR count). The quantitative estimate of drug-likeness (QED) is 0.343. The van der Waals surface area contributed by atoms with Crippen LogP contribution in [0.3, 0.4) is 0 Å². The fourth-order valence-corrected chi connectivity index (χ4v) is 3.96. The highest BCUT2D eigenvalue weighted by Gasteiger charge is 2.24. The smallest absolute Gasteiger partial charge is 0.354 e. The summed E-state index contributed by atoms with van der Waals surface area (Å²) >= 11 is 18.1. The van der Waals surface area contributed by atoms with E-state index in [1.807, 2.05) is 6.07 Å². The number of para-hydroxylation sites is 1. The standard InChI is InChI=1S/C23H15Cl3N2O3/c24-15-5-3-4-14(11-15)22(29)27-20-16-6-1-2-7-19(16)28(21(20)23(30)31)12-13-8-9-17(25)18(26)10-13/h1-11H,12H2,(H,27,29)(H,30,31). The third kappa shape index (κ3) is 4.26. The van der Waals surface area contributed by atoms with Crippen molar-refractivity contribution in [3.63, 3.8) is 0 Å². The van der Waals surface area contributed by atoms with Gasteiger partial charge in [-0.1, -0.05) is 65.1 Å². The Morgan fingerprint density at radius 1 is 0.903 bits per heavy atom. The lowest BCUT2D eigenvalue weighted by molar-refractivity contribution is 0.0687. The summed E-state index contributed by atoms with van der Waals surface area (Å²) in [5, 5.41) is 14.6. The van der Waals surface area contributed by atoms with Crippen LogP contribution in [0.5, 0.6) is 0 Å². The highest BCUT2D eigenvalue weighted by Crippen LogP contribution is 2.33. The van der Waals surface area contributed by atoms with E-state index in [0.29, 0.717) is 31.5 Å². The number of nitrogens with zero attached hydrogens (tertiary/aromatic N) is 1. The Hall–Kier alpha value is -2.99. The van der Waals surface area contributed by atoms with Gasteiger partial charge >= 0.3 is 5.97 Å². The molecule has 0 bridgehead atoms. The molecular formula is C23H15Cl3N2O3. The molecule has 2 N–H and O–H groups in total. The molecule has 4 aromatic rings. The Labute approximate surface area is 192 Å². The van der Waals surface area contributed by atoms with Crippen molar-refractivity contribution in [2.24, 2.45) is 0 Å². The number of carbonyl (C=O) groups is 2. The minimum absolute atomic E-state index is 0.0392. The molecule has 0 aliphatic carbocycles. The largest absolute Gasteiger partial charge is 0.477 e. The molecule has 0 spiro atoms. The summed E-state index contributed by atoms with van der Waals surface area (Å²) in [5.41, 5.74) is 1.93. The average molecular weight is 474 g/mol. The van der Waals surface area contributed by atoms with E-state index in [1.54, 1.807) is 59.2 Å². The number of aromatic nitrogens is 1. The molecule has 5 nitrogen and oxygen atoms in total. The Bertz CT molecular complexity index is 1330. The van der Waals surface area contributed by atoms with Gasteiger partial charge in [0.2, 0.25) is 0 Å². The molecule has 0 saturated carbocycles. The number of carbonyl (C=O) groups excluding carboxylic acids is 1. The highest BCUT2D eigenvalue weighted by molar-refractivity contribution is 6.42. The lowest BCUT2D eigenvalue weighted by atomic mass is 10.2. The number of hydrogen-bond donors (Lipinski definition) is 2. The maximum atomic E-state index is 12.8. The Balaban J connectivity index is 1.83. The molecule has 0 atom stereocenters. The minimum atomic E-state index is -1.17. The molecule has 0 saturated heterocycles. The van der Waals surface area contributed by atoms with Gasteiger partial charge in [0.1, 0.15) is 0 Å². The Morgan fingerprint density at radius 3 is 2.39 bits per heavy atom. The van der Waals surface area contributed by atoms with Crippen LogP contribution >= 0.6 is 34.8 Å². The SMILES string of the molecule is O=C(Nc1c(C(=O)O)n(Cc2ccc(Cl)c(Cl)c2)c2ccccc12)c1cccc(Cl)c1. The summed E-state index contributed by atoms with van der Waals surface area (Å²) in [6.07, 6.45) is 0. The topological polar surface area (TPSA) is 71.3 Å². The molecule has 0 unspecified atom stereocenters. The summed E-state index contributed by atoms with van der Waals surface area (Å²) in [6, 6.07) is 18.7. The van der Waals surface area contributed by atoms with Gasteiger partial charge in [-0.15, -0.1) is 0 Å². The van der Waals surface area contributed by atoms with Gasteiger partial charge in [0, 0.05) is 22.5 Å². The number of benzene rings is 3. The first-order valence-electron chi connectivity index (χ1n) is 9.20. The monoisotopic (exact) mass is 472 g/mol. The molecule has 1 amide bonds. The zero-order chi connectivity index (χ0) is 22.1. The number of rotatable bonds is 5. The van der Waals surface area contributed by atoms with Crippen molar-refractivity contribution in [2.45, 2.75) is 6.54 Å². The molecule has 1 heterocycles. The van der Waals surface area contributed by atoms with E-state index in [2.05, 4.69) is 5.32 Å². The van der Waals surface area contributed by atoms with Crippen LogP contribution in [0.1, 0.15) is 26.4 Å². The van der Waals surface area contributed by atoms with Crippen LogP contribution in [-0.2, 0) is 6.54 Å². The van der Waals surface area contributed by atoms with Gasteiger partial charge in [0.25, 0.3) is 5.91 Å². The lowest BCUT2D eigenvalue weighted by Gasteiger charge is -2.11. The van der Waals surface area contributed by atoms with Gasteiger partial charge in [0.05, 0.1) is 21.2 Å². The number of aromatic carboxylic acids is 1. The number of hydrogen-bond acceptors (Lipinski definition) is 2. The molecule has 0 aliphatic heterocycles. The van der Waals surface area contributed by atoms with Crippen LogP contribution in [-0.4, -0.2) is 21.6 Å². The Morgan fingerprint density at radius 2 is 1.68 bits per heavy atom. The van der Waals surface area contributed by atoms with Gasteiger partial charge in [-0.05, 0) is 42.0 Å². The van der Waals surface area contributed by atoms with Gasteiger partial charge < -0.3 is 15.0 Å². The second-order valence-corrected chi connectivity index (χ2v) is 8.10.